The number of aromatic carboxylic acids is 1. The predicted molar refractivity (Wildman–Crippen MR) is 111 cm³/mol. The van der Waals surface area contributed by atoms with Gasteiger partial charge in [-0.05, 0) is 49.2 Å². The fraction of sp³-hybridized carbons (Fsp3) is 0.304. The van der Waals surface area contributed by atoms with Crippen molar-refractivity contribution in [1.82, 2.24) is 19.9 Å². The van der Waals surface area contributed by atoms with Crippen LogP contribution in [0.5, 0.6) is 0 Å². The van der Waals surface area contributed by atoms with Gasteiger partial charge in [-0.15, -0.1) is 0 Å². The van der Waals surface area contributed by atoms with Crippen LogP contribution in [0.25, 0.3) is 0 Å². The third-order valence-electron chi connectivity index (χ3n) is 5.19. The SMILES string of the molecule is O=C(O)c1cccc(CN2CCC(OC(c3ccccn3)c3ccccn3)CC2)n1. The topological polar surface area (TPSA) is 88.4 Å². The van der Waals surface area contributed by atoms with Gasteiger partial charge in [0.15, 0.2) is 0 Å². The molecule has 7 heteroatoms. The molecule has 3 aromatic heterocycles. The molecule has 7 nitrogen and oxygen atoms in total. The van der Waals surface area contributed by atoms with E-state index in [9.17, 15) is 4.79 Å². The van der Waals surface area contributed by atoms with E-state index >= 15 is 0 Å². The number of nitrogens with zero attached hydrogens (tertiary/aromatic N) is 4. The summed E-state index contributed by atoms with van der Waals surface area (Å²) >= 11 is 0. The van der Waals surface area contributed by atoms with E-state index in [0.29, 0.717) is 6.54 Å². The average Bonchev–Trinajstić information content (AvgIpc) is 2.80. The number of carbonyl (C=O) groups is 1. The van der Waals surface area contributed by atoms with Crippen LogP contribution in [-0.2, 0) is 11.3 Å². The van der Waals surface area contributed by atoms with E-state index in [1.54, 1.807) is 18.5 Å². The Morgan fingerprint density at radius 2 is 1.67 bits per heavy atom. The molecule has 1 N–H and O–H groups in total. The molecule has 1 aliphatic heterocycles. The lowest BCUT2D eigenvalue weighted by Crippen LogP contribution is -2.37. The highest BCUT2D eigenvalue weighted by Gasteiger charge is 2.26. The Kier molecular flexibility index (Phi) is 6.41. The quantitative estimate of drug-likeness (QED) is 0.646. The number of piperidine rings is 1. The minimum atomic E-state index is -1.00. The molecule has 1 fully saturated rings. The lowest BCUT2D eigenvalue weighted by molar-refractivity contribution is -0.0313. The van der Waals surface area contributed by atoms with Gasteiger partial charge in [0.05, 0.1) is 23.2 Å². The second kappa shape index (κ2) is 9.56. The van der Waals surface area contributed by atoms with Crippen LogP contribution in [-0.4, -0.2) is 50.1 Å². The number of hydrogen-bond acceptors (Lipinski definition) is 6. The van der Waals surface area contributed by atoms with Crippen LogP contribution < -0.4 is 0 Å². The van der Waals surface area contributed by atoms with Crippen LogP contribution in [0.4, 0.5) is 0 Å². The zero-order valence-electron chi connectivity index (χ0n) is 16.6. The van der Waals surface area contributed by atoms with Crippen LogP contribution in [0.3, 0.4) is 0 Å². The maximum atomic E-state index is 11.1. The molecule has 154 valence electrons. The predicted octanol–water partition coefficient (Wildman–Crippen LogP) is 3.34. The molecule has 1 aliphatic rings. The van der Waals surface area contributed by atoms with E-state index in [1.165, 1.54) is 6.07 Å². The smallest absolute Gasteiger partial charge is 0.354 e. The zero-order chi connectivity index (χ0) is 20.8. The molecule has 0 atom stereocenters. The average molecular weight is 404 g/mol. The summed E-state index contributed by atoms with van der Waals surface area (Å²) in [7, 11) is 0. The molecule has 4 heterocycles. The Hall–Kier alpha value is -3.16. The second-order valence-corrected chi connectivity index (χ2v) is 7.32. The monoisotopic (exact) mass is 404 g/mol. The van der Waals surface area contributed by atoms with E-state index in [2.05, 4.69) is 19.9 Å². The minimum Gasteiger partial charge on any atom is -0.477 e. The number of hydrogen-bond donors (Lipinski definition) is 1. The Labute approximate surface area is 175 Å². The molecule has 0 spiro atoms. The first-order chi connectivity index (χ1) is 14.7. The zero-order valence-corrected chi connectivity index (χ0v) is 16.6. The maximum absolute atomic E-state index is 11.1. The van der Waals surface area contributed by atoms with E-state index in [4.69, 9.17) is 9.84 Å². The van der Waals surface area contributed by atoms with Crippen molar-refractivity contribution in [1.29, 1.82) is 0 Å². The van der Waals surface area contributed by atoms with Crippen molar-refractivity contribution in [2.24, 2.45) is 0 Å². The molecule has 0 aromatic carbocycles. The molecule has 0 amide bonds. The number of pyridine rings is 3. The number of carboxylic acids is 1. The molecular formula is C23H24N4O3. The Bertz CT molecular complexity index is 921. The summed E-state index contributed by atoms with van der Waals surface area (Å²) in [6.45, 7) is 2.36. The van der Waals surface area contributed by atoms with Gasteiger partial charge < -0.3 is 9.84 Å². The van der Waals surface area contributed by atoms with Gasteiger partial charge in [0.25, 0.3) is 0 Å². The van der Waals surface area contributed by atoms with Gasteiger partial charge >= 0.3 is 5.97 Å². The molecule has 4 rings (SSSR count). The summed E-state index contributed by atoms with van der Waals surface area (Å²) in [5.74, 6) is -1.00. The van der Waals surface area contributed by atoms with Crippen LogP contribution >= 0.6 is 0 Å². The van der Waals surface area contributed by atoms with Crippen molar-refractivity contribution < 1.29 is 14.6 Å². The van der Waals surface area contributed by atoms with Gasteiger partial charge in [-0.3, -0.25) is 14.9 Å². The van der Waals surface area contributed by atoms with Gasteiger partial charge in [-0.25, -0.2) is 9.78 Å². The van der Waals surface area contributed by atoms with Gasteiger partial charge in [0, 0.05) is 32.0 Å². The molecule has 1 saturated heterocycles. The van der Waals surface area contributed by atoms with Gasteiger partial charge in [0.2, 0.25) is 0 Å². The fourth-order valence-electron chi connectivity index (χ4n) is 3.66. The third kappa shape index (κ3) is 5.06. The van der Waals surface area contributed by atoms with Gasteiger partial charge in [-0.1, -0.05) is 18.2 Å². The third-order valence-corrected chi connectivity index (χ3v) is 5.19. The molecule has 0 radical (unpaired) electrons. The van der Waals surface area contributed by atoms with Crippen molar-refractivity contribution in [2.75, 3.05) is 13.1 Å². The Balaban J connectivity index is 1.38. The molecule has 0 saturated carbocycles. The number of rotatable bonds is 7. The summed E-state index contributed by atoms with van der Waals surface area (Å²) in [6.07, 6.45) is 5.13. The molecule has 0 bridgehead atoms. The summed E-state index contributed by atoms with van der Waals surface area (Å²) in [5.41, 5.74) is 2.56. The maximum Gasteiger partial charge on any atom is 0.354 e. The highest BCUT2D eigenvalue weighted by molar-refractivity contribution is 5.85. The van der Waals surface area contributed by atoms with E-state index in [0.717, 1.165) is 43.0 Å². The van der Waals surface area contributed by atoms with Crippen molar-refractivity contribution in [3.8, 4) is 0 Å². The largest absolute Gasteiger partial charge is 0.477 e. The van der Waals surface area contributed by atoms with Crippen molar-refractivity contribution >= 4 is 5.97 Å². The minimum absolute atomic E-state index is 0.0827. The van der Waals surface area contributed by atoms with Crippen molar-refractivity contribution in [2.45, 2.75) is 31.6 Å². The first-order valence-corrected chi connectivity index (χ1v) is 10.1. The lowest BCUT2D eigenvalue weighted by atomic mass is 10.1. The van der Waals surface area contributed by atoms with Gasteiger partial charge in [0.1, 0.15) is 11.8 Å². The van der Waals surface area contributed by atoms with Gasteiger partial charge in [-0.2, -0.15) is 0 Å². The first kappa shape index (κ1) is 20.1. The van der Waals surface area contributed by atoms with Crippen LogP contribution in [0.15, 0.2) is 67.0 Å². The molecular weight excluding hydrogens is 380 g/mol. The lowest BCUT2D eigenvalue weighted by Gasteiger charge is -2.33. The van der Waals surface area contributed by atoms with Crippen LogP contribution in [0, 0.1) is 0 Å². The van der Waals surface area contributed by atoms with Crippen LogP contribution in [0.2, 0.25) is 0 Å². The standard InChI is InChI=1S/C23H24N4O3/c28-23(29)21-9-5-6-17(26-21)16-27-14-10-18(11-15-27)30-22(19-7-1-3-12-24-19)20-8-2-4-13-25-20/h1-9,12-13,18,22H,10-11,14-16H2,(H,28,29). The normalized spacial score (nSPS) is 15.4. The second-order valence-electron chi connectivity index (χ2n) is 7.32. The summed E-state index contributed by atoms with van der Waals surface area (Å²) in [4.78, 5) is 26.6. The van der Waals surface area contributed by atoms with E-state index in [1.807, 2.05) is 42.5 Å². The highest BCUT2D eigenvalue weighted by atomic mass is 16.5. The number of ether oxygens (including phenoxy) is 1. The van der Waals surface area contributed by atoms with Crippen molar-refractivity contribution in [3.63, 3.8) is 0 Å². The highest BCUT2D eigenvalue weighted by Crippen LogP contribution is 2.28. The first-order valence-electron chi connectivity index (χ1n) is 10.1. The molecule has 3 aromatic rings. The molecule has 0 aliphatic carbocycles. The Morgan fingerprint density at radius 3 is 2.23 bits per heavy atom. The van der Waals surface area contributed by atoms with Crippen molar-refractivity contribution in [3.05, 3.63) is 89.8 Å². The molecule has 30 heavy (non-hydrogen) atoms. The summed E-state index contributed by atoms with van der Waals surface area (Å²) in [5, 5.41) is 9.12. The molecule has 0 unspecified atom stereocenters. The summed E-state index contributed by atoms with van der Waals surface area (Å²) in [6, 6.07) is 16.8. The number of carboxylic acid groups (broad SMARTS) is 1. The van der Waals surface area contributed by atoms with E-state index in [-0.39, 0.29) is 17.9 Å². The fourth-order valence-corrected chi connectivity index (χ4v) is 3.66. The Morgan fingerprint density at radius 1 is 1.00 bits per heavy atom. The van der Waals surface area contributed by atoms with E-state index < -0.39 is 5.97 Å². The number of aromatic nitrogens is 3. The van der Waals surface area contributed by atoms with Crippen LogP contribution in [0.1, 0.15) is 46.5 Å². The number of likely N-dealkylation sites (tertiary alicyclic amines) is 1. The summed E-state index contributed by atoms with van der Waals surface area (Å²) < 4.78 is 6.47.